The standard InChI is InChI=1S/C19H27NO3/c1-3-23-17-12-16(19(17)10-4-5-11-19)20(2)13-14-6-8-15(9-7-14)18(21)22/h6-9,16-17H,3-5,10-13H2,1-2H3,(H,21,22). The lowest BCUT2D eigenvalue weighted by Gasteiger charge is -2.57. The first kappa shape index (κ1) is 16.5. The molecule has 0 bridgehead atoms. The van der Waals surface area contributed by atoms with Gasteiger partial charge in [-0.1, -0.05) is 25.0 Å². The summed E-state index contributed by atoms with van der Waals surface area (Å²) in [5.74, 6) is -0.867. The molecule has 1 aromatic rings. The minimum absolute atomic E-state index is 0.351. The third-order valence-electron chi connectivity index (χ3n) is 5.81. The Bertz CT molecular complexity index is 548. The Kier molecular flexibility index (Phi) is 4.74. The predicted molar refractivity (Wildman–Crippen MR) is 89.6 cm³/mol. The molecule has 2 aliphatic carbocycles. The molecule has 0 radical (unpaired) electrons. The van der Waals surface area contributed by atoms with Crippen molar-refractivity contribution in [3.8, 4) is 0 Å². The second-order valence-electron chi connectivity index (χ2n) is 7.05. The molecule has 1 N–H and O–H groups in total. The van der Waals surface area contributed by atoms with E-state index in [2.05, 4.69) is 18.9 Å². The summed E-state index contributed by atoms with van der Waals surface area (Å²) in [6.45, 7) is 3.76. The SMILES string of the molecule is CCOC1CC(N(C)Cc2ccc(C(=O)O)cc2)C12CCCC2. The number of carboxylic acid groups (broad SMARTS) is 1. The van der Waals surface area contributed by atoms with E-state index in [-0.39, 0.29) is 0 Å². The zero-order valence-corrected chi connectivity index (χ0v) is 14.1. The molecule has 2 fully saturated rings. The van der Waals surface area contributed by atoms with Crippen molar-refractivity contribution in [2.24, 2.45) is 5.41 Å². The molecule has 0 aliphatic heterocycles. The van der Waals surface area contributed by atoms with Gasteiger partial charge in [0.2, 0.25) is 0 Å². The summed E-state index contributed by atoms with van der Waals surface area (Å²) in [5, 5.41) is 8.99. The van der Waals surface area contributed by atoms with Crippen LogP contribution in [0.5, 0.6) is 0 Å². The number of benzene rings is 1. The van der Waals surface area contributed by atoms with Crippen molar-refractivity contribution in [1.82, 2.24) is 4.90 Å². The molecule has 4 nitrogen and oxygen atoms in total. The molecule has 2 atom stereocenters. The number of carbonyl (C=O) groups is 1. The van der Waals surface area contributed by atoms with Gasteiger partial charge in [0.1, 0.15) is 0 Å². The summed E-state index contributed by atoms with van der Waals surface area (Å²) in [5.41, 5.74) is 1.88. The van der Waals surface area contributed by atoms with Crippen LogP contribution in [0.4, 0.5) is 0 Å². The van der Waals surface area contributed by atoms with Crippen molar-refractivity contribution < 1.29 is 14.6 Å². The summed E-state index contributed by atoms with van der Waals surface area (Å²) >= 11 is 0. The van der Waals surface area contributed by atoms with Gasteiger partial charge in [0, 0.05) is 24.6 Å². The number of hydrogen-bond donors (Lipinski definition) is 1. The maximum absolute atomic E-state index is 10.9. The van der Waals surface area contributed by atoms with Gasteiger partial charge in [-0.3, -0.25) is 4.90 Å². The first-order chi connectivity index (χ1) is 11.1. The monoisotopic (exact) mass is 317 g/mol. The molecule has 2 aliphatic rings. The molecule has 0 aromatic heterocycles. The summed E-state index contributed by atoms with van der Waals surface area (Å²) in [6.07, 6.45) is 6.76. The van der Waals surface area contributed by atoms with Gasteiger partial charge in [0.15, 0.2) is 0 Å². The number of hydrogen-bond acceptors (Lipinski definition) is 3. The van der Waals surface area contributed by atoms with Crippen LogP contribution in [0.1, 0.15) is 54.9 Å². The van der Waals surface area contributed by atoms with E-state index in [1.165, 1.54) is 31.2 Å². The van der Waals surface area contributed by atoms with Crippen LogP contribution < -0.4 is 0 Å². The first-order valence-electron chi connectivity index (χ1n) is 8.71. The van der Waals surface area contributed by atoms with Gasteiger partial charge in [-0.15, -0.1) is 0 Å². The van der Waals surface area contributed by atoms with Gasteiger partial charge in [-0.05, 0) is 50.9 Å². The fourth-order valence-electron chi connectivity index (χ4n) is 4.62. The summed E-state index contributed by atoms with van der Waals surface area (Å²) in [6, 6.07) is 7.84. The Morgan fingerprint density at radius 1 is 1.30 bits per heavy atom. The number of nitrogens with zero attached hydrogens (tertiary/aromatic N) is 1. The zero-order valence-electron chi connectivity index (χ0n) is 14.1. The van der Waals surface area contributed by atoms with Gasteiger partial charge in [0.25, 0.3) is 0 Å². The fraction of sp³-hybridized carbons (Fsp3) is 0.632. The third kappa shape index (κ3) is 3.02. The second kappa shape index (κ2) is 6.62. The van der Waals surface area contributed by atoms with Crippen molar-refractivity contribution in [3.63, 3.8) is 0 Å². The molecule has 3 rings (SSSR count). The average molecular weight is 317 g/mol. The van der Waals surface area contributed by atoms with Gasteiger partial charge in [-0.25, -0.2) is 4.79 Å². The Hall–Kier alpha value is -1.39. The van der Waals surface area contributed by atoms with E-state index >= 15 is 0 Å². The van der Waals surface area contributed by atoms with E-state index in [1.807, 2.05) is 12.1 Å². The molecule has 126 valence electrons. The van der Waals surface area contributed by atoms with Crippen molar-refractivity contribution in [1.29, 1.82) is 0 Å². The van der Waals surface area contributed by atoms with E-state index in [1.54, 1.807) is 12.1 Å². The van der Waals surface area contributed by atoms with E-state index < -0.39 is 5.97 Å². The molecule has 2 saturated carbocycles. The average Bonchev–Trinajstić information content (AvgIpc) is 3.04. The van der Waals surface area contributed by atoms with Gasteiger partial charge < -0.3 is 9.84 Å². The van der Waals surface area contributed by atoms with E-state index in [0.29, 0.717) is 23.1 Å². The molecular weight excluding hydrogens is 290 g/mol. The van der Waals surface area contributed by atoms with Crippen LogP contribution >= 0.6 is 0 Å². The van der Waals surface area contributed by atoms with Crippen LogP contribution in [-0.2, 0) is 11.3 Å². The van der Waals surface area contributed by atoms with Crippen LogP contribution in [0.2, 0.25) is 0 Å². The van der Waals surface area contributed by atoms with Crippen LogP contribution in [-0.4, -0.2) is 41.8 Å². The molecule has 23 heavy (non-hydrogen) atoms. The lowest BCUT2D eigenvalue weighted by Crippen LogP contribution is -2.62. The normalized spacial score (nSPS) is 25.7. The Morgan fingerprint density at radius 2 is 1.96 bits per heavy atom. The summed E-state index contributed by atoms with van der Waals surface area (Å²) < 4.78 is 6.00. The maximum atomic E-state index is 10.9. The molecular formula is C19H27NO3. The maximum Gasteiger partial charge on any atom is 0.335 e. The highest BCUT2D eigenvalue weighted by atomic mass is 16.5. The summed E-state index contributed by atoms with van der Waals surface area (Å²) in [4.78, 5) is 13.4. The number of aromatic carboxylic acids is 1. The minimum Gasteiger partial charge on any atom is -0.478 e. The minimum atomic E-state index is -0.867. The van der Waals surface area contributed by atoms with Gasteiger partial charge >= 0.3 is 5.97 Å². The predicted octanol–water partition coefficient (Wildman–Crippen LogP) is 3.55. The Balaban J connectivity index is 1.66. The molecule has 2 unspecified atom stereocenters. The second-order valence-corrected chi connectivity index (χ2v) is 7.05. The first-order valence-corrected chi connectivity index (χ1v) is 8.71. The van der Waals surface area contributed by atoms with Crippen molar-refractivity contribution >= 4 is 5.97 Å². The number of rotatable bonds is 6. The van der Waals surface area contributed by atoms with E-state index in [4.69, 9.17) is 9.84 Å². The van der Waals surface area contributed by atoms with Crippen LogP contribution in [0.3, 0.4) is 0 Å². The van der Waals surface area contributed by atoms with Crippen LogP contribution in [0, 0.1) is 5.41 Å². The van der Waals surface area contributed by atoms with Crippen molar-refractivity contribution in [3.05, 3.63) is 35.4 Å². The van der Waals surface area contributed by atoms with E-state index in [0.717, 1.165) is 19.6 Å². The molecule has 0 amide bonds. The quantitative estimate of drug-likeness (QED) is 0.871. The highest BCUT2D eigenvalue weighted by Gasteiger charge is 2.57. The van der Waals surface area contributed by atoms with Crippen LogP contribution in [0.25, 0.3) is 0 Å². The molecule has 4 heteroatoms. The number of ether oxygens (including phenoxy) is 1. The molecule has 1 spiro atoms. The lowest BCUT2D eigenvalue weighted by molar-refractivity contribution is -0.162. The zero-order chi connectivity index (χ0) is 16.4. The fourth-order valence-corrected chi connectivity index (χ4v) is 4.62. The Morgan fingerprint density at radius 3 is 2.52 bits per heavy atom. The van der Waals surface area contributed by atoms with Gasteiger partial charge in [0.05, 0.1) is 11.7 Å². The van der Waals surface area contributed by atoms with Crippen LogP contribution in [0.15, 0.2) is 24.3 Å². The highest BCUT2D eigenvalue weighted by Crippen LogP contribution is 2.56. The largest absolute Gasteiger partial charge is 0.478 e. The Labute approximate surface area is 138 Å². The third-order valence-corrected chi connectivity index (χ3v) is 5.81. The highest BCUT2D eigenvalue weighted by molar-refractivity contribution is 5.87. The lowest BCUT2D eigenvalue weighted by atomic mass is 9.60. The topological polar surface area (TPSA) is 49.8 Å². The number of carboxylic acids is 1. The molecule has 1 aromatic carbocycles. The molecule has 0 heterocycles. The van der Waals surface area contributed by atoms with Crippen molar-refractivity contribution in [2.75, 3.05) is 13.7 Å². The van der Waals surface area contributed by atoms with E-state index in [9.17, 15) is 4.79 Å². The summed E-state index contributed by atoms with van der Waals surface area (Å²) in [7, 11) is 2.19. The molecule has 0 saturated heterocycles. The smallest absolute Gasteiger partial charge is 0.335 e. The van der Waals surface area contributed by atoms with Gasteiger partial charge in [-0.2, -0.15) is 0 Å². The van der Waals surface area contributed by atoms with Crippen molar-refractivity contribution in [2.45, 2.75) is 57.7 Å².